The number of halogens is 1. The number of morpholine rings is 1. The number of nitrogens with one attached hydrogen (secondary N) is 2. The minimum absolute atomic E-state index is 0.267. The van der Waals surface area contributed by atoms with Gasteiger partial charge in [0, 0.05) is 25.2 Å². The third-order valence-corrected chi connectivity index (χ3v) is 6.75. The molecule has 0 radical (unpaired) electrons. The maximum absolute atomic E-state index is 9.81. The van der Waals surface area contributed by atoms with Crippen LogP contribution in [0.5, 0.6) is 0 Å². The Morgan fingerprint density at radius 2 is 2.14 bits per heavy atom. The number of nitriles is 1. The van der Waals surface area contributed by atoms with Gasteiger partial charge in [-0.3, -0.25) is 4.90 Å². The van der Waals surface area contributed by atoms with Crippen LogP contribution in [0.4, 0.5) is 23.3 Å². The van der Waals surface area contributed by atoms with Crippen LogP contribution in [0.3, 0.4) is 0 Å². The van der Waals surface area contributed by atoms with Crippen molar-refractivity contribution in [3.63, 3.8) is 0 Å². The molecule has 0 spiro atoms. The van der Waals surface area contributed by atoms with E-state index in [4.69, 9.17) is 22.9 Å². The molecule has 35 heavy (non-hydrogen) atoms. The Balaban J connectivity index is 1.37. The zero-order chi connectivity index (χ0) is 24.4. The molecule has 2 aliphatic rings. The molecule has 0 amide bonds. The second-order valence-electron chi connectivity index (χ2n) is 8.93. The van der Waals surface area contributed by atoms with Crippen LogP contribution in [0.1, 0.15) is 37.3 Å². The Kier molecular flexibility index (Phi) is 6.69. The first-order valence-corrected chi connectivity index (χ1v) is 12.1. The molecular weight excluding hydrogens is 466 g/mol. The van der Waals surface area contributed by atoms with Crippen molar-refractivity contribution in [2.45, 2.75) is 44.7 Å². The van der Waals surface area contributed by atoms with Crippen molar-refractivity contribution >= 4 is 40.5 Å². The van der Waals surface area contributed by atoms with Gasteiger partial charge in [0.25, 0.3) is 17.4 Å². The van der Waals surface area contributed by atoms with Gasteiger partial charge >= 0.3 is 0 Å². The highest BCUT2D eigenvalue weighted by molar-refractivity contribution is 6.33. The number of fused-ring (bicyclic) bond motifs is 1. The van der Waals surface area contributed by atoms with E-state index in [1.165, 1.54) is 10.7 Å². The Morgan fingerprint density at radius 1 is 1.34 bits per heavy atom. The molecule has 1 aromatic carbocycles. The van der Waals surface area contributed by atoms with E-state index < -0.39 is 0 Å². The molecular formula is C24H26ClN9O. The van der Waals surface area contributed by atoms with Gasteiger partial charge in [-0.05, 0) is 50.3 Å². The smallest absolute Gasteiger partial charge is 0.275 e. The summed E-state index contributed by atoms with van der Waals surface area (Å²) in [6.45, 7) is 13.0. The molecule has 1 atom stereocenters. The van der Waals surface area contributed by atoms with Gasteiger partial charge in [0.1, 0.15) is 0 Å². The van der Waals surface area contributed by atoms with Crippen LogP contribution in [0.2, 0.25) is 5.02 Å². The second kappa shape index (κ2) is 10.0. The summed E-state index contributed by atoms with van der Waals surface area (Å²) in [6.07, 6.45) is 5.29. The van der Waals surface area contributed by atoms with Gasteiger partial charge in [0.05, 0.1) is 41.8 Å². The van der Waals surface area contributed by atoms with E-state index in [1.807, 2.05) is 6.07 Å². The molecule has 1 aliphatic heterocycles. The number of aryl methyl sites for hydroxylation is 1. The first-order valence-electron chi connectivity index (χ1n) is 11.8. The minimum atomic E-state index is 0.267. The Hall–Kier alpha value is -3.44. The van der Waals surface area contributed by atoms with Gasteiger partial charge in [0.15, 0.2) is 5.82 Å². The molecule has 0 bridgehead atoms. The number of benzene rings is 1. The van der Waals surface area contributed by atoms with Gasteiger partial charge in [0.2, 0.25) is 0 Å². The quantitative estimate of drug-likeness (QED) is 0.452. The standard InChI is InChI=1S/C24H26ClN9O/c1-15(33-7-9-35-10-8-33)3-4-16-11-19(25)20(12-17(16)13-26)30-24-31-22(29-18-5-6-18)23-28-14-21(27-2)34(23)32-24/h11-12,14-15,18H,3-10H2,1H3,(H2,29,30,31,32). The normalized spacial score (nSPS) is 17.0. The Labute approximate surface area is 208 Å². The summed E-state index contributed by atoms with van der Waals surface area (Å²) in [5.74, 6) is 1.12. The van der Waals surface area contributed by atoms with Crippen LogP contribution in [-0.2, 0) is 11.2 Å². The van der Waals surface area contributed by atoms with Gasteiger partial charge in [-0.2, -0.15) is 10.2 Å². The zero-order valence-electron chi connectivity index (χ0n) is 19.5. The van der Waals surface area contributed by atoms with E-state index >= 15 is 0 Å². The van der Waals surface area contributed by atoms with E-state index in [0.717, 1.165) is 57.6 Å². The van der Waals surface area contributed by atoms with Crippen molar-refractivity contribution in [2.24, 2.45) is 0 Å². The Bertz CT molecular complexity index is 1320. The van der Waals surface area contributed by atoms with Crippen molar-refractivity contribution in [2.75, 3.05) is 36.9 Å². The van der Waals surface area contributed by atoms with Crippen LogP contribution in [0, 0.1) is 17.9 Å². The highest BCUT2D eigenvalue weighted by atomic mass is 35.5. The van der Waals surface area contributed by atoms with Crippen molar-refractivity contribution in [3.8, 4) is 6.07 Å². The van der Waals surface area contributed by atoms with Crippen molar-refractivity contribution in [1.29, 1.82) is 5.26 Å². The molecule has 3 heterocycles. The fourth-order valence-electron chi connectivity index (χ4n) is 4.22. The fourth-order valence-corrected chi connectivity index (χ4v) is 4.46. The lowest BCUT2D eigenvalue weighted by Gasteiger charge is -2.32. The van der Waals surface area contributed by atoms with E-state index in [0.29, 0.717) is 39.8 Å². The molecule has 1 saturated heterocycles. The fraction of sp³-hybridized carbons (Fsp3) is 0.458. The summed E-state index contributed by atoms with van der Waals surface area (Å²) in [5.41, 5.74) is 2.52. The lowest BCUT2D eigenvalue weighted by atomic mass is 9.99. The highest BCUT2D eigenvalue weighted by Crippen LogP contribution is 2.31. The summed E-state index contributed by atoms with van der Waals surface area (Å²) in [6, 6.07) is 6.63. The minimum Gasteiger partial charge on any atom is -0.379 e. The summed E-state index contributed by atoms with van der Waals surface area (Å²) in [7, 11) is 0. The van der Waals surface area contributed by atoms with E-state index in [9.17, 15) is 5.26 Å². The van der Waals surface area contributed by atoms with Gasteiger partial charge in [-0.1, -0.05) is 23.3 Å². The Morgan fingerprint density at radius 3 is 2.86 bits per heavy atom. The molecule has 1 aliphatic carbocycles. The van der Waals surface area contributed by atoms with Crippen LogP contribution < -0.4 is 10.6 Å². The van der Waals surface area contributed by atoms with Crippen molar-refractivity contribution < 1.29 is 4.74 Å². The monoisotopic (exact) mass is 491 g/mol. The van der Waals surface area contributed by atoms with Gasteiger partial charge in [-0.15, -0.1) is 4.52 Å². The van der Waals surface area contributed by atoms with E-state index in [1.54, 1.807) is 6.07 Å². The third-order valence-electron chi connectivity index (χ3n) is 6.44. The van der Waals surface area contributed by atoms with Gasteiger partial charge in [-0.25, -0.2) is 4.98 Å². The number of nitrogens with zero attached hydrogens (tertiary/aromatic N) is 7. The molecule has 1 unspecified atom stereocenters. The first-order chi connectivity index (χ1) is 17.1. The molecule has 180 valence electrons. The van der Waals surface area contributed by atoms with Gasteiger partial charge < -0.3 is 20.2 Å². The summed E-state index contributed by atoms with van der Waals surface area (Å²) in [5, 5.41) is 21.2. The average Bonchev–Trinajstić information content (AvgIpc) is 3.60. The predicted octanol–water partition coefficient (Wildman–Crippen LogP) is 4.17. The number of anilines is 3. The third kappa shape index (κ3) is 5.15. The van der Waals surface area contributed by atoms with Crippen molar-refractivity contribution in [1.82, 2.24) is 24.5 Å². The maximum Gasteiger partial charge on any atom is 0.275 e. The summed E-state index contributed by atoms with van der Waals surface area (Å²) < 4.78 is 6.91. The molecule has 11 heteroatoms. The number of imidazole rings is 1. The summed E-state index contributed by atoms with van der Waals surface area (Å²) >= 11 is 6.62. The van der Waals surface area contributed by atoms with E-state index in [2.05, 4.69) is 48.4 Å². The van der Waals surface area contributed by atoms with Crippen LogP contribution in [0.15, 0.2) is 18.3 Å². The number of hydrogen-bond donors (Lipinski definition) is 2. The molecule has 2 fully saturated rings. The summed E-state index contributed by atoms with van der Waals surface area (Å²) in [4.78, 5) is 14.8. The second-order valence-corrected chi connectivity index (χ2v) is 9.34. The number of ether oxygens (including phenoxy) is 1. The predicted molar refractivity (Wildman–Crippen MR) is 133 cm³/mol. The molecule has 10 nitrogen and oxygen atoms in total. The molecule has 2 aromatic heterocycles. The van der Waals surface area contributed by atoms with E-state index in [-0.39, 0.29) is 11.8 Å². The molecule has 1 saturated carbocycles. The van der Waals surface area contributed by atoms with Crippen LogP contribution >= 0.6 is 11.6 Å². The lowest BCUT2D eigenvalue weighted by molar-refractivity contribution is 0.0187. The molecule has 3 aromatic rings. The first kappa shape index (κ1) is 23.3. The largest absolute Gasteiger partial charge is 0.379 e. The SMILES string of the molecule is [C-]#[N+]c1cnc2c(NC3CC3)nc(Nc3cc(C#N)c(CCC(C)N4CCOCC4)cc3Cl)nn12. The number of aromatic nitrogens is 4. The van der Waals surface area contributed by atoms with Crippen molar-refractivity contribution in [3.05, 3.63) is 45.9 Å². The molecule has 2 N–H and O–H groups in total. The highest BCUT2D eigenvalue weighted by Gasteiger charge is 2.25. The van der Waals surface area contributed by atoms with Crippen LogP contribution in [0.25, 0.3) is 10.5 Å². The topological polar surface area (TPSA) is 108 Å². The zero-order valence-corrected chi connectivity index (χ0v) is 20.2. The lowest BCUT2D eigenvalue weighted by Crippen LogP contribution is -2.42. The number of rotatable bonds is 8. The average molecular weight is 492 g/mol. The molecule has 5 rings (SSSR count). The van der Waals surface area contributed by atoms with Crippen LogP contribution in [-0.4, -0.2) is 62.9 Å². The number of hydrogen-bond acceptors (Lipinski definition) is 8. The maximum atomic E-state index is 9.81.